The zero-order valence-corrected chi connectivity index (χ0v) is 9.68. The largest absolute Gasteiger partial charge is 0.334 e. The Bertz CT molecular complexity index is 175. The highest BCUT2D eigenvalue weighted by atomic mass is 16.2. The zero-order chi connectivity index (χ0) is 11.2. The first kappa shape index (κ1) is 13.2. The van der Waals surface area contributed by atoms with E-state index in [0.29, 0.717) is 6.54 Å². The molecule has 0 saturated carbocycles. The molecular weight excluding hydrogens is 178 g/mol. The van der Waals surface area contributed by atoms with Gasteiger partial charge in [0, 0.05) is 18.1 Å². The third-order valence-corrected chi connectivity index (χ3v) is 1.75. The van der Waals surface area contributed by atoms with Crippen LogP contribution < -0.4 is 16.4 Å². The van der Waals surface area contributed by atoms with Gasteiger partial charge in [0.1, 0.15) is 0 Å². The Balaban J connectivity index is 3.91. The van der Waals surface area contributed by atoms with Gasteiger partial charge in [-0.25, -0.2) is 4.79 Å². The van der Waals surface area contributed by atoms with Crippen LogP contribution in [0.4, 0.5) is 4.79 Å². The fraction of sp³-hybridized carbons (Fsp3) is 0.900. The Morgan fingerprint density at radius 1 is 1.43 bits per heavy atom. The molecule has 0 aromatic carbocycles. The van der Waals surface area contributed by atoms with Gasteiger partial charge in [0.05, 0.1) is 0 Å². The maximum Gasteiger partial charge on any atom is 0.315 e. The lowest BCUT2D eigenvalue weighted by Crippen LogP contribution is -2.51. The molecule has 0 spiro atoms. The normalized spacial score (nSPS) is 13.5. The molecule has 4 N–H and O–H groups in total. The van der Waals surface area contributed by atoms with Crippen molar-refractivity contribution in [3.05, 3.63) is 0 Å². The second-order valence-electron chi connectivity index (χ2n) is 4.57. The fourth-order valence-corrected chi connectivity index (χ4v) is 1.16. The quantitative estimate of drug-likeness (QED) is 0.640. The van der Waals surface area contributed by atoms with E-state index < -0.39 is 0 Å². The summed E-state index contributed by atoms with van der Waals surface area (Å²) in [4.78, 5) is 11.4. The Labute approximate surface area is 86.6 Å². The fourth-order valence-electron chi connectivity index (χ4n) is 1.16. The molecule has 0 aliphatic heterocycles. The van der Waals surface area contributed by atoms with E-state index in [1.165, 1.54) is 0 Å². The van der Waals surface area contributed by atoms with Crippen LogP contribution in [0.3, 0.4) is 0 Å². The molecule has 4 heteroatoms. The number of nitrogens with two attached hydrogens (primary N) is 1. The molecule has 0 aromatic heterocycles. The van der Waals surface area contributed by atoms with Crippen LogP contribution in [0.25, 0.3) is 0 Å². The highest BCUT2D eigenvalue weighted by Crippen LogP contribution is 1.99. The molecule has 0 aliphatic rings. The first-order chi connectivity index (χ1) is 6.39. The monoisotopic (exact) mass is 201 g/mol. The van der Waals surface area contributed by atoms with Gasteiger partial charge in [-0.1, -0.05) is 13.3 Å². The van der Waals surface area contributed by atoms with Crippen LogP contribution in [0, 0.1) is 0 Å². The summed E-state index contributed by atoms with van der Waals surface area (Å²) in [6, 6.07) is -0.0521. The van der Waals surface area contributed by atoms with E-state index >= 15 is 0 Å². The molecule has 4 nitrogen and oxygen atoms in total. The molecule has 84 valence electrons. The maximum atomic E-state index is 11.4. The molecule has 0 heterocycles. The number of urea groups is 1. The van der Waals surface area contributed by atoms with Crippen LogP contribution in [0.2, 0.25) is 0 Å². The highest BCUT2D eigenvalue weighted by molar-refractivity contribution is 5.74. The first-order valence-electron chi connectivity index (χ1n) is 5.17. The van der Waals surface area contributed by atoms with Crippen molar-refractivity contribution in [2.75, 3.05) is 6.54 Å². The van der Waals surface area contributed by atoms with E-state index in [1.807, 2.05) is 20.8 Å². The van der Waals surface area contributed by atoms with Crippen LogP contribution in [0.1, 0.15) is 40.5 Å². The minimum Gasteiger partial charge on any atom is -0.334 e. The number of nitrogens with one attached hydrogen (secondary N) is 2. The third kappa shape index (κ3) is 6.71. The minimum absolute atomic E-state index is 0.0855. The van der Waals surface area contributed by atoms with Crippen molar-refractivity contribution < 1.29 is 4.79 Å². The van der Waals surface area contributed by atoms with Crippen molar-refractivity contribution in [3.63, 3.8) is 0 Å². The summed E-state index contributed by atoms with van der Waals surface area (Å²) in [6.07, 6.45) is 1.95. The lowest BCUT2D eigenvalue weighted by atomic mass is 10.1. The van der Waals surface area contributed by atoms with Gasteiger partial charge in [-0.2, -0.15) is 0 Å². The number of rotatable bonds is 4. The molecule has 0 fully saturated rings. The Morgan fingerprint density at radius 2 is 2.00 bits per heavy atom. The minimum atomic E-state index is -0.199. The molecule has 0 aromatic rings. The Morgan fingerprint density at radius 3 is 2.36 bits per heavy atom. The Hall–Kier alpha value is -0.770. The van der Waals surface area contributed by atoms with Gasteiger partial charge in [-0.15, -0.1) is 0 Å². The van der Waals surface area contributed by atoms with Crippen molar-refractivity contribution in [1.29, 1.82) is 0 Å². The molecule has 1 atom stereocenters. The number of carbonyl (C=O) groups is 1. The van der Waals surface area contributed by atoms with Gasteiger partial charge in [-0.05, 0) is 27.2 Å². The SMILES string of the molecule is CCCC(CN)NC(=O)NC(C)(C)C. The van der Waals surface area contributed by atoms with Gasteiger partial charge in [0.25, 0.3) is 0 Å². The van der Waals surface area contributed by atoms with Crippen molar-refractivity contribution in [2.45, 2.75) is 52.1 Å². The predicted octanol–water partition coefficient (Wildman–Crippen LogP) is 1.21. The van der Waals surface area contributed by atoms with Gasteiger partial charge >= 0.3 is 6.03 Å². The van der Waals surface area contributed by atoms with E-state index in [-0.39, 0.29) is 17.6 Å². The smallest absolute Gasteiger partial charge is 0.315 e. The van der Waals surface area contributed by atoms with Crippen LogP contribution in [0.5, 0.6) is 0 Å². The molecule has 1 unspecified atom stereocenters. The number of carbonyl (C=O) groups excluding carboxylic acids is 1. The van der Waals surface area contributed by atoms with Crippen molar-refractivity contribution >= 4 is 6.03 Å². The topological polar surface area (TPSA) is 67.1 Å². The van der Waals surface area contributed by atoms with Crippen LogP contribution in [-0.4, -0.2) is 24.2 Å². The lowest BCUT2D eigenvalue weighted by Gasteiger charge is -2.23. The van der Waals surface area contributed by atoms with Crippen LogP contribution >= 0.6 is 0 Å². The molecule has 0 bridgehead atoms. The average Bonchev–Trinajstić information content (AvgIpc) is 2.00. The summed E-state index contributed by atoms with van der Waals surface area (Å²) in [5, 5.41) is 5.69. The molecule has 0 aliphatic carbocycles. The highest BCUT2D eigenvalue weighted by Gasteiger charge is 2.15. The van der Waals surface area contributed by atoms with Gasteiger partial charge in [0.15, 0.2) is 0 Å². The lowest BCUT2D eigenvalue weighted by molar-refractivity contribution is 0.227. The maximum absolute atomic E-state index is 11.4. The summed E-state index contributed by atoms with van der Waals surface area (Å²) < 4.78 is 0. The molecular formula is C10H23N3O. The summed E-state index contributed by atoms with van der Waals surface area (Å²) in [5.41, 5.74) is 5.33. The number of hydrogen-bond donors (Lipinski definition) is 3. The summed E-state index contributed by atoms with van der Waals surface area (Å²) in [7, 11) is 0. The van der Waals surface area contributed by atoms with E-state index in [9.17, 15) is 4.79 Å². The second-order valence-corrected chi connectivity index (χ2v) is 4.57. The van der Waals surface area contributed by atoms with E-state index in [0.717, 1.165) is 12.8 Å². The molecule has 2 amide bonds. The molecule has 0 rings (SSSR count). The first-order valence-corrected chi connectivity index (χ1v) is 5.17. The predicted molar refractivity (Wildman–Crippen MR) is 59.2 cm³/mol. The molecule has 0 saturated heterocycles. The number of hydrogen-bond acceptors (Lipinski definition) is 2. The van der Waals surface area contributed by atoms with Gasteiger partial charge < -0.3 is 16.4 Å². The van der Waals surface area contributed by atoms with Crippen molar-refractivity contribution in [2.24, 2.45) is 5.73 Å². The summed E-state index contributed by atoms with van der Waals surface area (Å²) >= 11 is 0. The number of amides is 2. The van der Waals surface area contributed by atoms with Gasteiger partial charge in [0.2, 0.25) is 0 Å². The van der Waals surface area contributed by atoms with E-state index in [4.69, 9.17) is 5.73 Å². The van der Waals surface area contributed by atoms with Crippen molar-refractivity contribution in [1.82, 2.24) is 10.6 Å². The van der Waals surface area contributed by atoms with E-state index in [1.54, 1.807) is 0 Å². The molecule has 14 heavy (non-hydrogen) atoms. The standard InChI is InChI=1S/C10H23N3O/c1-5-6-8(7-11)12-9(14)13-10(2,3)4/h8H,5-7,11H2,1-4H3,(H2,12,13,14). The van der Waals surface area contributed by atoms with Crippen LogP contribution in [0.15, 0.2) is 0 Å². The molecule has 0 radical (unpaired) electrons. The van der Waals surface area contributed by atoms with E-state index in [2.05, 4.69) is 17.6 Å². The third-order valence-electron chi connectivity index (χ3n) is 1.75. The Kier molecular flexibility index (Phi) is 5.53. The summed E-state index contributed by atoms with van der Waals surface area (Å²) in [5.74, 6) is 0. The average molecular weight is 201 g/mol. The zero-order valence-electron chi connectivity index (χ0n) is 9.68. The summed E-state index contributed by atoms with van der Waals surface area (Å²) in [6.45, 7) is 8.41. The second kappa shape index (κ2) is 5.86. The van der Waals surface area contributed by atoms with Gasteiger partial charge in [-0.3, -0.25) is 0 Å². The van der Waals surface area contributed by atoms with Crippen LogP contribution in [-0.2, 0) is 0 Å². The van der Waals surface area contributed by atoms with Crippen molar-refractivity contribution in [3.8, 4) is 0 Å².